The SMILES string of the molecule is CCCOc1nc(NCC)nc(OC)n1. The summed E-state index contributed by atoms with van der Waals surface area (Å²) in [5.41, 5.74) is 0. The Morgan fingerprint density at radius 3 is 2.47 bits per heavy atom. The summed E-state index contributed by atoms with van der Waals surface area (Å²) in [5.74, 6) is 0.468. The zero-order chi connectivity index (χ0) is 11.1. The van der Waals surface area contributed by atoms with E-state index in [1.165, 1.54) is 7.11 Å². The van der Waals surface area contributed by atoms with Crippen LogP contribution in [0, 0.1) is 0 Å². The van der Waals surface area contributed by atoms with Gasteiger partial charge in [0.15, 0.2) is 0 Å². The highest BCUT2D eigenvalue weighted by atomic mass is 16.5. The smallest absolute Gasteiger partial charge is 0.324 e. The van der Waals surface area contributed by atoms with Crippen molar-refractivity contribution in [3.63, 3.8) is 0 Å². The van der Waals surface area contributed by atoms with Gasteiger partial charge in [-0.3, -0.25) is 0 Å². The van der Waals surface area contributed by atoms with E-state index in [1.807, 2.05) is 13.8 Å². The number of nitrogens with zero attached hydrogens (tertiary/aromatic N) is 3. The Bertz CT molecular complexity index is 306. The Kier molecular flexibility index (Phi) is 4.59. The van der Waals surface area contributed by atoms with E-state index in [4.69, 9.17) is 9.47 Å². The molecule has 1 aromatic rings. The van der Waals surface area contributed by atoms with Gasteiger partial charge in [0, 0.05) is 6.54 Å². The summed E-state index contributed by atoms with van der Waals surface area (Å²) < 4.78 is 10.2. The third-order valence-electron chi connectivity index (χ3n) is 1.55. The second kappa shape index (κ2) is 6.00. The summed E-state index contributed by atoms with van der Waals surface area (Å²) in [5, 5.41) is 2.98. The molecule has 1 rings (SSSR count). The standard InChI is InChI=1S/C9H16N4O2/c1-4-6-15-9-12-7(10-5-2)11-8(13-9)14-3/h4-6H2,1-3H3,(H,10,11,12,13). The maximum atomic E-state index is 5.30. The van der Waals surface area contributed by atoms with Crippen LogP contribution in [0.4, 0.5) is 5.95 Å². The average molecular weight is 212 g/mol. The Morgan fingerprint density at radius 1 is 1.13 bits per heavy atom. The summed E-state index contributed by atoms with van der Waals surface area (Å²) >= 11 is 0. The van der Waals surface area contributed by atoms with Gasteiger partial charge in [0.05, 0.1) is 13.7 Å². The van der Waals surface area contributed by atoms with Gasteiger partial charge in [-0.05, 0) is 13.3 Å². The van der Waals surface area contributed by atoms with E-state index in [1.54, 1.807) is 0 Å². The van der Waals surface area contributed by atoms with Gasteiger partial charge < -0.3 is 14.8 Å². The predicted molar refractivity (Wildman–Crippen MR) is 56.3 cm³/mol. The monoisotopic (exact) mass is 212 g/mol. The lowest BCUT2D eigenvalue weighted by atomic mass is 10.5. The van der Waals surface area contributed by atoms with Gasteiger partial charge in [-0.1, -0.05) is 6.92 Å². The van der Waals surface area contributed by atoms with Crippen LogP contribution in [0.2, 0.25) is 0 Å². The van der Waals surface area contributed by atoms with Crippen molar-refractivity contribution in [2.45, 2.75) is 20.3 Å². The molecule has 1 aromatic heterocycles. The molecule has 15 heavy (non-hydrogen) atoms. The number of ether oxygens (including phenoxy) is 2. The lowest BCUT2D eigenvalue weighted by Crippen LogP contribution is -2.08. The van der Waals surface area contributed by atoms with Gasteiger partial charge in [-0.25, -0.2) is 0 Å². The van der Waals surface area contributed by atoms with Crippen LogP contribution in [-0.4, -0.2) is 35.2 Å². The minimum Gasteiger partial charge on any atom is -0.467 e. The molecule has 0 bridgehead atoms. The molecule has 0 aliphatic carbocycles. The topological polar surface area (TPSA) is 69.2 Å². The lowest BCUT2D eigenvalue weighted by Gasteiger charge is -2.06. The molecule has 0 spiro atoms. The second-order valence-electron chi connectivity index (χ2n) is 2.81. The minimum atomic E-state index is 0.257. The third kappa shape index (κ3) is 3.57. The molecule has 0 unspecified atom stereocenters. The fraction of sp³-hybridized carbons (Fsp3) is 0.667. The largest absolute Gasteiger partial charge is 0.467 e. The summed E-state index contributed by atoms with van der Waals surface area (Å²) in [4.78, 5) is 12.1. The zero-order valence-corrected chi connectivity index (χ0v) is 9.28. The van der Waals surface area contributed by atoms with Gasteiger partial charge in [-0.2, -0.15) is 9.97 Å². The number of anilines is 1. The number of rotatable bonds is 6. The Labute approximate surface area is 89.1 Å². The average Bonchev–Trinajstić information content (AvgIpc) is 2.26. The highest BCUT2D eigenvalue weighted by Crippen LogP contribution is 2.12. The van der Waals surface area contributed by atoms with Gasteiger partial charge in [0.1, 0.15) is 0 Å². The fourth-order valence-electron chi connectivity index (χ4n) is 0.924. The molecular formula is C9H16N4O2. The van der Waals surface area contributed by atoms with Crippen molar-refractivity contribution in [2.75, 3.05) is 25.6 Å². The first-order valence-electron chi connectivity index (χ1n) is 4.96. The quantitative estimate of drug-likeness (QED) is 0.761. The third-order valence-corrected chi connectivity index (χ3v) is 1.55. The van der Waals surface area contributed by atoms with E-state index in [-0.39, 0.29) is 6.01 Å². The van der Waals surface area contributed by atoms with Gasteiger partial charge in [0.25, 0.3) is 0 Å². The van der Waals surface area contributed by atoms with Gasteiger partial charge in [-0.15, -0.1) is 4.98 Å². The van der Waals surface area contributed by atoms with E-state index in [0.717, 1.165) is 13.0 Å². The lowest BCUT2D eigenvalue weighted by molar-refractivity contribution is 0.281. The molecule has 6 nitrogen and oxygen atoms in total. The molecule has 0 saturated heterocycles. The first-order valence-corrected chi connectivity index (χ1v) is 4.96. The Morgan fingerprint density at radius 2 is 1.87 bits per heavy atom. The van der Waals surface area contributed by atoms with Crippen LogP contribution >= 0.6 is 0 Å². The van der Waals surface area contributed by atoms with E-state index < -0.39 is 0 Å². The van der Waals surface area contributed by atoms with E-state index in [9.17, 15) is 0 Å². The molecule has 0 aliphatic heterocycles. The zero-order valence-electron chi connectivity index (χ0n) is 9.28. The van der Waals surface area contributed by atoms with Crippen molar-refractivity contribution in [2.24, 2.45) is 0 Å². The van der Waals surface area contributed by atoms with Crippen molar-refractivity contribution in [3.8, 4) is 12.0 Å². The molecule has 1 heterocycles. The summed E-state index contributed by atoms with van der Waals surface area (Å²) in [7, 11) is 1.51. The Balaban J connectivity index is 2.79. The normalized spacial score (nSPS) is 9.80. The van der Waals surface area contributed by atoms with Crippen LogP contribution in [0.5, 0.6) is 12.0 Å². The van der Waals surface area contributed by atoms with Crippen molar-refractivity contribution in [1.82, 2.24) is 15.0 Å². The summed E-state index contributed by atoms with van der Waals surface area (Å²) in [6.45, 7) is 5.30. The molecule has 6 heteroatoms. The van der Waals surface area contributed by atoms with Gasteiger partial charge in [0.2, 0.25) is 5.95 Å². The fourth-order valence-corrected chi connectivity index (χ4v) is 0.924. The molecule has 0 aliphatic rings. The first-order chi connectivity index (χ1) is 7.30. The van der Waals surface area contributed by atoms with Crippen molar-refractivity contribution < 1.29 is 9.47 Å². The highest BCUT2D eigenvalue weighted by Gasteiger charge is 2.06. The first kappa shape index (κ1) is 11.5. The second-order valence-corrected chi connectivity index (χ2v) is 2.81. The van der Waals surface area contributed by atoms with Crippen molar-refractivity contribution in [1.29, 1.82) is 0 Å². The maximum Gasteiger partial charge on any atom is 0.324 e. The highest BCUT2D eigenvalue weighted by molar-refractivity contribution is 5.26. The summed E-state index contributed by atoms with van der Waals surface area (Å²) in [6, 6.07) is 0.548. The number of nitrogens with one attached hydrogen (secondary N) is 1. The van der Waals surface area contributed by atoms with Crippen LogP contribution < -0.4 is 14.8 Å². The molecule has 0 radical (unpaired) electrons. The molecule has 0 atom stereocenters. The molecule has 0 fully saturated rings. The molecule has 0 saturated carbocycles. The molecule has 0 amide bonds. The van der Waals surface area contributed by atoms with Crippen LogP contribution in [0.3, 0.4) is 0 Å². The molecular weight excluding hydrogens is 196 g/mol. The number of hydrogen-bond acceptors (Lipinski definition) is 6. The van der Waals surface area contributed by atoms with Crippen molar-refractivity contribution in [3.05, 3.63) is 0 Å². The maximum absolute atomic E-state index is 5.30. The van der Waals surface area contributed by atoms with Crippen LogP contribution in [0.15, 0.2) is 0 Å². The van der Waals surface area contributed by atoms with Crippen molar-refractivity contribution >= 4 is 5.95 Å². The molecule has 0 aromatic carbocycles. The van der Waals surface area contributed by atoms with Crippen LogP contribution in [0.1, 0.15) is 20.3 Å². The summed E-state index contributed by atoms with van der Waals surface area (Å²) in [6.07, 6.45) is 0.907. The Hall–Kier alpha value is -1.59. The van der Waals surface area contributed by atoms with Crippen LogP contribution in [-0.2, 0) is 0 Å². The number of hydrogen-bond donors (Lipinski definition) is 1. The van der Waals surface area contributed by atoms with E-state index >= 15 is 0 Å². The predicted octanol–water partition coefficient (Wildman–Crippen LogP) is 1.10. The molecule has 1 N–H and O–H groups in total. The van der Waals surface area contributed by atoms with Gasteiger partial charge >= 0.3 is 12.0 Å². The van der Waals surface area contributed by atoms with Crippen LogP contribution in [0.25, 0.3) is 0 Å². The minimum absolute atomic E-state index is 0.257. The number of methoxy groups -OCH3 is 1. The van der Waals surface area contributed by atoms with E-state index in [0.29, 0.717) is 18.6 Å². The van der Waals surface area contributed by atoms with E-state index in [2.05, 4.69) is 20.3 Å². The number of aromatic nitrogens is 3. The molecule has 84 valence electrons.